The van der Waals surface area contributed by atoms with Crippen molar-refractivity contribution in [2.45, 2.75) is 46.5 Å². The highest BCUT2D eigenvalue weighted by molar-refractivity contribution is 5.96. The summed E-state index contributed by atoms with van der Waals surface area (Å²) in [4.78, 5) is 26.8. The number of carbonyl (C=O) groups excluding carboxylic acids is 2. The van der Waals surface area contributed by atoms with E-state index in [2.05, 4.69) is 38.3 Å². The molecule has 0 spiro atoms. The molecule has 0 atom stereocenters. The number of amides is 3. The number of likely N-dealkylation sites (N-methyl/N-ethyl adjacent to an activating group) is 1. The Balaban J connectivity index is 1.74. The van der Waals surface area contributed by atoms with Gasteiger partial charge in [-0.2, -0.15) is 5.10 Å². The monoisotopic (exact) mass is 447 g/mol. The second-order valence-corrected chi connectivity index (χ2v) is 9.25. The molecule has 174 valence electrons. The van der Waals surface area contributed by atoms with Crippen LogP contribution in [0.15, 0.2) is 54.6 Å². The Bertz CT molecular complexity index is 1140. The Hall–Kier alpha value is -3.61. The lowest BCUT2D eigenvalue weighted by molar-refractivity contribution is -0.116. The van der Waals surface area contributed by atoms with Gasteiger partial charge < -0.3 is 15.5 Å². The normalized spacial score (nSPS) is 11.2. The van der Waals surface area contributed by atoms with Crippen molar-refractivity contribution in [2.75, 3.05) is 24.2 Å². The molecule has 33 heavy (non-hydrogen) atoms. The topological polar surface area (TPSA) is 79.3 Å². The number of nitrogens with zero attached hydrogens (tertiary/aromatic N) is 3. The molecule has 2 aromatic carbocycles. The summed E-state index contributed by atoms with van der Waals surface area (Å²) >= 11 is 0. The fourth-order valence-corrected chi connectivity index (χ4v) is 3.38. The van der Waals surface area contributed by atoms with E-state index in [0.29, 0.717) is 11.5 Å². The van der Waals surface area contributed by atoms with Gasteiger partial charge in [-0.1, -0.05) is 58.0 Å². The van der Waals surface area contributed by atoms with Gasteiger partial charge in [0, 0.05) is 24.2 Å². The zero-order valence-corrected chi connectivity index (χ0v) is 20.3. The maximum atomic E-state index is 12.8. The summed E-state index contributed by atoms with van der Waals surface area (Å²) in [5, 5.41) is 10.5. The van der Waals surface area contributed by atoms with Crippen molar-refractivity contribution in [2.24, 2.45) is 0 Å². The summed E-state index contributed by atoms with van der Waals surface area (Å²) in [5.74, 6) is 0.272. The minimum Gasteiger partial charge on any atom is -0.318 e. The summed E-state index contributed by atoms with van der Waals surface area (Å²) in [6.07, 6.45) is 0.882. The minimum atomic E-state index is -0.346. The Morgan fingerprint density at radius 1 is 1.03 bits per heavy atom. The third kappa shape index (κ3) is 6.00. The zero-order valence-electron chi connectivity index (χ0n) is 20.3. The average Bonchev–Trinajstić information content (AvgIpc) is 3.18. The van der Waals surface area contributed by atoms with Gasteiger partial charge in [-0.25, -0.2) is 9.48 Å². The molecule has 0 saturated carbocycles. The standard InChI is InChI=1S/C26H33N5O2/c1-7-19-12-10-13-20(15-19)27-25(33)30(6)17-24(32)28-23-16-22(26(3,4)5)29-31(23)21-14-9-8-11-18(21)2/h8-16H,7,17H2,1-6H3,(H,27,33)(H,28,32). The molecule has 0 bridgehead atoms. The van der Waals surface area contributed by atoms with Crippen LogP contribution in [0.2, 0.25) is 0 Å². The van der Waals surface area contributed by atoms with Crippen molar-refractivity contribution in [3.8, 4) is 5.69 Å². The number of benzene rings is 2. The quantitative estimate of drug-likeness (QED) is 0.549. The van der Waals surface area contributed by atoms with E-state index in [1.54, 1.807) is 11.7 Å². The highest BCUT2D eigenvalue weighted by atomic mass is 16.2. The fourth-order valence-electron chi connectivity index (χ4n) is 3.38. The van der Waals surface area contributed by atoms with Gasteiger partial charge in [0.05, 0.1) is 11.4 Å². The molecule has 0 aliphatic heterocycles. The van der Waals surface area contributed by atoms with Crippen molar-refractivity contribution < 1.29 is 9.59 Å². The molecule has 3 rings (SSSR count). The molecule has 0 saturated heterocycles. The number of nitrogens with one attached hydrogen (secondary N) is 2. The zero-order chi connectivity index (χ0) is 24.2. The Morgan fingerprint density at radius 3 is 2.42 bits per heavy atom. The molecular formula is C26H33N5O2. The lowest BCUT2D eigenvalue weighted by atomic mass is 9.92. The minimum absolute atomic E-state index is 0.0941. The van der Waals surface area contributed by atoms with E-state index < -0.39 is 0 Å². The van der Waals surface area contributed by atoms with E-state index in [-0.39, 0.29) is 23.9 Å². The second kappa shape index (κ2) is 9.90. The number of rotatable bonds is 6. The molecule has 2 N–H and O–H groups in total. The van der Waals surface area contributed by atoms with Crippen LogP contribution in [-0.2, 0) is 16.6 Å². The third-order valence-electron chi connectivity index (χ3n) is 5.40. The van der Waals surface area contributed by atoms with Crippen molar-refractivity contribution in [1.82, 2.24) is 14.7 Å². The first kappa shape index (κ1) is 24.0. The molecule has 0 radical (unpaired) electrons. The largest absolute Gasteiger partial charge is 0.322 e. The van der Waals surface area contributed by atoms with Crippen LogP contribution in [0, 0.1) is 6.92 Å². The van der Waals surface area contributed by atoms with Crippen molar-refractivity contribution in [3.05, 3.63) is 71.4 Å². The van der Waals surface area contributed by atoms with Crippen LogP contribution < -0.4 is 10.6 Å². The van der Waals surface area contributed by atoms with Crippen LogP contribution in [0.4, 0.5) is 16.3 Å². The number of aryl methyl sites for hydroxylation is 2. The number of anilines is 2. The lowest BCUT2D eigenvalue weighted by Crippen LogP contribution is -2.37. The van der Waals surface area contributed by atoms with Gasteiger partial charge in [0.1, 0.15) is 12.4 Å². The molecule has 3 aromatic rings. The Labute approximate surface area is 195 Å². The third-order valence-corrected chi connectivity index (χ3v) is 5.40. The Morgan fingerprint density at radius 2 is 1.76 bits per heavy atom. The summed E-state index contributed by atoms with van der Waals surface area (Å²) in [7, 11) is 1.60. The highest BCUT2D eigenvalue weighted by Gasteiger charge is 2.22. The van der Waals surface area contributed by atoms with E-state index in [0.717, 1.165) is 28.9 Å². The van der Waals surface area contributed by atoms with Crippen molar-refractivity contribution >= 4 is 23.4 Å². The summed E-state index contributed by atoms with van der Waals surface area (Å²) in [6, 6.07) is 17.1. The molecule has 0 unspecified atom stereocenters. The van der Waals surface area contributed by atoms with E-state index in [1.807, 2.05) is 61.5 Å². The maximum Gasteiger partial charge on any atom is 0.322 e. The van der Waals surface area contributed by atoms with E-state index in [1.165, 1.54) is 4.90 Å². The van der Waals surface area contributed by atoms with Gasteiger partial charge in [0.15, 0.2) is 0 Å². The molecule has 7 nitrogen and oxygen atoms in total. The van der Waals surface area contributed by atoms with Crippen molar-refractivity contribution in [3.63, 3.8) is 0 Å². The number of para-hydroxylation sites is 1. The molecular weight excluding hydrogens is 414 g/mol. The van der Waals surface area contributed by atoms with Crippen LogP contribution in [0.5, 0.6) is 0 Å². The first-order valence-corrected chi connectivity index (χ1v) is 11.2. The molecule has 1 heterocycles. The molecule has 0 aliphatic rings. The SMILES string of the molecule is CCc1cccc(NC(=O)N(C)CC(=O)Nc2cc(C(C)(C)C)nn2-c2ccccc2C)c1. The number of aromatic nitrogens is 2. The second-order valence-electron chi connectivity index (χ2n) is 9.25. The predicted octanol–water partition coefficient (Wildman–Crippen LogP) is 5.14. The molecule has 0 fully saturated rings. The highest BCUT2D eigenvalue weighted by Crippen LogP contribution is 2.27. The Kier molecular flexibility index (Phi) is 7.21. The smallest absolute Gasteiger partial charge is 0.318 e. The fraction of sp³-hybridized carbons (Fsp3) is 0.346. The van der Waals surface area contributed by atoms with Gasteiger partial charge in [0.25, 0.3) is 0 Å². The van der Waals surface area contributed by atoms with Crippen molar-refractivity contribution in [1.29, 1.82) is 0 Å². The molecule has 7 heteroatoms. The predicted molar refractivity (Wildman–Crippen MR) is 133 cm³/mol. The van der Waals surface area contributed by atoms with E-state index in [4.69, 9.17) is 5.10 Å². The van der Waals surface area contributed by atoms with Gasteiger partial charge in [0.2, 0.25) is 5.91 Å². The van der Waals surface area contributed by atoms with E-state index >= 15 is 0 Å². The van der Waals surface area contributed by atoms with Crippen LogP contribution >= 0.6 is 0 Å². The summed E-state index contributed by atoms with van der Waals surface area (Å²) < 4.78 is 1.75. The summed E-state index contributed by atoms with van der Waals surface area (Å²) in [6.45, 7) is 10.2. The maximum absolute atomic E-state index is 12.8. The summed E-state index contributed by atoms with van der Waals surface area (Å²) in [5.41, 5.74) is 4.46. The van der Waals surface area contributed by atoms with Gasteiger partial charge in [-0.05, 0) is 42.7 Å². The molecule has 3 amide bonds. The van der Waals surface area contributed by atoms with Crippen LogP contribution in [0.1, 0.15) is 44.5 Å². The number of carbonyl (C=O) groups is 2. The van der Waals surface area contributed by atoms with Crippen LogP contribution in [0.3, 0.4) is 0 Å². The van der Waals surface area contributed by atoms with Gasteiger partial charge in [-0.15, -0.1) is 0 Å². The number of hydrogen-bond acceptors (Lipinski definition) is 3. The molecule has 0 aliphatic carbocycles. The van der Waals surface area contributed by atoms with Gasteiger partial charge >= 0.3 is 6.03 Å². The molecule has 1 aromatic heterocycles. The van der Waals surface area contributed by atoms with Crippen LogP contribution in [-0.4, -0.2) is 40.2 Å². The first-order valence-electron chi connectivity index (χ1n) is 11.2. The lowest BCUT2D eigenvalue weighted by Gasteiger charge is -2.18. The van der Waals surface area contributed by atoms with Gasteiger partial charge in [-0.3, -0.25) is 4.79 Å². The van der Waals surface area contributed by atoms with Crippen LogP contribution in [0.25, 0.3) is 5.69 Å². The van der Waals surface area contributed by atoms with E-state index in [9.17, 15) is 9.59 Å². The number of urea groups is 1. The number of hydrogen-bond donors (Lipinski definition) is 2. The first-order chi connectivity index (χ1) is 15.6. The average molecular weight is 448 g/mol.